The highest BCUT2D eigenvalue weighted by Gasteiger charge is 2.50. The molecule has 0 bridgehead atoms. The predicted molar refractivity (Wildman–Crippen MR) is 99.8 cm³/mol. The van der Waals surface area contributed by atoms with Gasteiger partial charge in [-0.2, -0.15) is 0 Å². The van der Waals surface area contributed by atoms with Crippen molar-refractivity contribution in [1.82, 2.24) is 0 Å². The topological polar surface area (TPSA) is 48.7 Å². The van der Waals surface area contributed by atoms with E-state index in [0.29, 0.717) is 28.3 Å². The molecule has 2 aromatic carbocycles. The third-order valence-corrected chi connectivity index (χ3v) is 5.34. The molecule has 1 saturated heterocycles. The molecule has 25 heavy (non-hydrogen) atoms. The zero-order chi connectivity index (χ0) is 17.8. The maximum absolute atomic E-state index is 12.8. The van der Waals surface area contributed by atoms with Gasteiger partial charge in [0.1, 0.15) is 11.2 Å². The molecule has 0 unspecified atom stereocenters. The molecule has 0 saturated carbocycles. The highest BCUT2D eigenvalue weighted by Crippen LogP contribution is 2.37. The van der Waals surface area contributed by atoms with E-state index in [9.17, 15) is 4.79 Å². The monoisotopic (exact) mass is 336 g/mol. The number of hydrogen-bond donors (Lipinski definition) is 0. The van der Waals surface area contributed by atoms with Crippen molar-refractivity contribution in [3.63, 3.8) is 0 Å². The summed E-state index contributed by atoms with van der Waals surface area (Å²) in [5, 5.41) is 1.19. The van der Waals surface area contributed by atoms with E-state index in [2.05, 4.69) is 0 Å². The van der Waals surface area contributed by atoms with Crippen LogP contribution < -0.4 is 5.43 Å². The van der Waals surface area contributed by atoms with Crippen LogP contribution in [0.3, 0.4) is 0 Å². The van der Waals surface area contributed by atoms with Crippen LogP contribution in [0.15, 0.2) is 51.7 Å². The molecule has 1 aliphatic rings. The van der Waals surface area contributed by atoms with Crippen LogP contribution in [-0.2, 0) is 15.6 Å². The van der Waals surface area contributed by atoms with E-state index >= 15 is 0 Å². The molecular weight excluding hydrogens is 315 g/mol. The van der Waals surface area contributed by atoms with Crippen LogP contribution in [0.2, 0.25) is 0 Å². The second kappa shape index (κ2) is 5.45. The maximum atomic E-state index is 12.8. The number of benzene rings is 2. The van der Waals surface area contributed by atoms with Gasteiger partial charge in [-0.1, -0.05) is 18.2 Å². The molecule has 0 atom stereocenters. The first-order valence-corrected chi connectivity index (χ1v) is 8.57. The lowest BCUT2D eigenvalue weighted by Gasteiger charge is -2.32. The van der Waals surface area contributed by atoms with Crippen LogP contribution in [0.1, 0.15) is 33.3 Å². The lowest BCUT2D eigenvalue weighted by atomic mass is 9.80. The number of rotatable bonds is 2. The first-order valence-electron chi connectivity index (χ1n) is 8.57. The molecule has 4 nitrogen and oxygen atoms in total. The summed E-state index contributed by atoms with van der Waals surface area (Å²) in [6, 6.07) is 13.0. The SMILES string of the molecule is CC1(C)OB(Cc2ccc3oc4ccccc4c(=O)c3c2)OC1(C)C. The highest BCUT2D eigenvalue weighted by atomic mass is 16.7. The summed E-state index contributed by atoms with van der Waals surface area (Å²) in [6.45, 7) is 8.14. The summed E-state index contributed by atoms with van der Waals surface area (Å²) in [7, 11) is -0.324. The van der Waals surface area contributed by atoms with Crippen LogP contribution >= 0.6 is 0 Å². The molecule has 1 aliphatic heterocycles. The van der Waals surface area contributed by atoms with E-state index in [1.807, 2.05) is 64.1 Å². The third-order valence-electron chi connectivity index (χ3n) is 5.34. The van der Waals surface area contributed by atoms with Crippen LogP contribution in [0.25, 0.3) is 21.9 Å². The lowest BCUT2D eigenvalue weighted by Crippen LogP contribution is -2.41. The Morgan fingerprint density at radius 3 is 2.24 bits per heavy atom. The minimum atomic E-state index is -0.357. The van der Waals surface area contributed by atoms with E-state index in [4.69, 9.17) is 13.7 Å². The molecule has 0 radical (unpaired) electrons. The van der Waals surface area contributed by atoms with Crippen molar-refractivity contribution in [2.24, 2.45) is 0 Å². The number of para-hydroxylation sites is 1. The van der Waals surface area contributed by atoms with Gasteiger partial charge in [0.05, 0.1) is 22.0 Å². The molecule has 0 spiro atoms. The zero-order valence-electron chi connectivity index (χ0n) is 15.0. The van der Waals surface area contributed by atoms with Gasteiger partial charge in [-0.15, -0.1) is 0 Å². The molecule has 1 aromatic heterocycles. The summed E-state index contributed by atoms with van der Waals surface area (Å²) < 4.78 is 18.0. The Kier molecular flexibility index (Phi) is 3.57. The van der Waals surface area contributed by atoms with E-state index in [0.717, 1.165) is 5.56 Å². The second-order valence-corrected chi connectivity index (χ2v) is 7.65. The molecule has 128 valence electrons. The Morgan fingerprint density at radius 1 is 0.880 bits per heavy atom. The number of hydrogen-bond acceptors (Lipinski definition) is 4. The van der Waals surface area contributed by atoms with Crippen LogP contribution in [0, 0.1) is 0 Å². The van der Waals surface area contributed by atoms with Gasteiger partial charge in [-0.05, 0) is 57.5 Å². The van der Waals surface area contributed by atoms with E-state index in [1.165, 1.54) is 0 Å². The van der Waals surface area contributed by atoms with Gasteiger partial charge in [-0.3, -0.25) is 4.79 Å². The van der Waals surface area contributed by atoms with Crippen molar-refractivity contribution >= 4 is 29.1 Å². The average molecular weight is 336 g/mol. The molecule has 0 N–H and O–H groups in total. The smallest absolute Gasteiger partial charge is 0.456 e. The fraction of sp³-hybridized carbons (Fsp3) is 0.350. The van der Waals surface area contributed by atoms with E-state index < -0.39 is 0 Å². The Balaban J connectivity index is 1.71. The fourth-order valence-corrected chi connectivity index (χ4v) is 3.22. The van der Waals surface area contributed by atoms with Crippen molar-refractivity contribution in [1.29, 1.82) is 0 Å². The normalized spacial score (nSPS) is 19.0. The van der Waals surface area contributed by atoms with Gasteiger partial charge in [0.25, 0.3) is 0 Å². The summed E-state index contributed by atoms with van der Waals surface area (Å²) in [5.41, 5.74) is 1.48. The molecule has 3 aromatic rings. The quantitative estimate of drug-likeness (QED) is 0.522. The molecule has 0 aliphatic carbocycles. The van der Waals surface area contributed by atoms with Crippen molar-refractivity contribution < 1.29 is 13.7 Å². The number of fused-ring (bicyclic) bond motifs is 2. The first kappa shape index (κ1) is 16.4. The van der Waals surface area contributed by atoms with Crippen molar-refractivity contribution in [3.05, 3.63) is 58.3 Å². The van der Waals surface area contributed by atoms with Crippen molar-refractivity contribution in [2.75, 3.05) is 0 Å². The van der Waals surface area contributed by atoms with E-state index in [1.54, 1.807) is 6.07 Å². The maximum Gasteiger partial charge on any atom is 0.462 e. The molecule has 5 heteroatoms. The van der Waals surface area contributed by atoms with Crippen molar-refractivity contribution in [2.45, 2.75) is 45.2 Å². The second-order valence-electron chi connectivity index (χ2n) is 7.65. The Labute approximate surface area is 146 Å². The fourth-order valence-electron chi connectivity index (χ4n) is 3.22. The standard InChI is InChI=1S/C20H21BO4/c1-19(2)20(3,4)25-21(24-19)12-13-9-10-17-15(11-13)18(22)14-7-5-6-8-16(14)23-17/h5-11H,12H2,1-4H3. The first-order chi connectivity index (χ1) is 11.8. The molecule has 4 rings (SSSR count). The van der Waals surface area contributed by atoms with Gasteiger partial charge < -0.3 is 13.7 Å². The van der Waals surface area contributed by atoms with Gasteiger partial charge in [0, 0.05) is 6.32 Å². The Morgan fingerprint density at radius 2 is 1.52 bits per heavy atom. The molecule has 0 amide bonds. The van der Waals surface area contributed by atoms with Crippen molar-refractivity contribution in [3.8, 4) is 0 Å². The largest absolute Gasteiger partial charge is 0.462 e. The van der Waals surface area contributed by atoms with Gasteiger partial charge in [-0.25, -0.2) is 0 Å². The van der Waals surface area contributed by atoms with E-state index in [-0.39, 0.29) is 23.7 Å². The van der Waals surface area contributed by atoms with Gasteiger partial charge >= 0.3 is 7.12 Å². The van der Waals surface area contributed by atoms with Crippen LogP contribution in [-0.4, -0.2) is 18.3 Å². The Hall–Kier alpha value is -2.11. The summed E-state index contributed by atoms with van der Waals surface area (Å²) in [5.74, 6) is 0. The van der Waals surface area contributed by atoms with Crippen LogP contribution in [0.5, 0.6) is 0 Å². The minimum Gasteiger partial charge on any atom is -0.456 e. The summed E-state index contributed by atoms with van der Waals surface area (Å²) in [6.07, 6.45) is 0.592. The predicted octanol–water partition coefficient (Wildman–Crippen LogP) is 4.12. The zero-order valence-corrected chi connectivity index (χ0v) is 15.0. The third kappa shape index (κ3) is 2.68. The molecular formula is C20H21BO4. The summed E-state index contributed by atoms with van der Waals surface area (Å²) in [4.78, 5) is 12.8. The highest BCUT2D eigenvalue weighted by molar-refractivity contribution is 6.45. The molecule has 2 heterocycles. The Bertz CT molecular complexity index is 1000. The lowest BCUT2D eigenvalue weighted by molar-refractivity contribution is 0.00578. The van der Waals surface area contributed by atoms with Gasteiger partial charge in [0.2, 0.25) is 5.43 Å². The van der Waals surface area contributed by atoms with Crippen LogP contribution in [0.4, 0.5) is 0 Å². The molecule has 1 fully saturated rings. The average Bonchev–Trinajstić information content (AvgIpc) is 2.75. The van der Waals surface area contributed by atoms with Gasteiger partial charge in [0.15, 0.2) is 0 Å². The minimum absolute atomic E-state index is 0.00683. The summed E-state index contributed by atoms with van der Waals surface area (Å²) >= 11 is 0.